The minimum atomic E-state index is -0.660. The van der Waals surface area contributed by atoms with E-state index in [0.29, 0.717) is 35.2 Å². The molecule has 1 aromatic heterocycles. The summed E-state index contributed by atoms with van der Waals surface area (Å²) in [6.07, 6.45) is 3.71. The van der Waals surface area contributed by atoms with Crippen molar-refractivity contribution in [3.63, 3.8) is 0 Å². The minimum absolute atomic E-state index is 0.277. The lowest BCUT2D eigenvalue weighted by molar-refractivity contribution is -0.117. The highest BCUT2D eigenvalue weighted by molar-refractivity contribution is 6.11. The first-order valence-corrected chi connectivity index (χ1v) is 12.1. The summed E-state index contributed by atoms with van der Waals surface area (Å²) in [5.41, 5.74) is 6.07. The van der Waals surface area contributed by atoms with Gasteiger partial charge in [0.15, 0.2) is 0 Å². The van der Waals surface area contributed by atoms with Gasteiger partial charge in [0.25, 0.3) is 0 Å². The topological polar surface area (TPSA) is 90.4 Å². The maximum atomic E-state index is 12.3. The Hall–Kier alpha value is -3.74. The van der Waals surface area contributed by atoms with Gasteiger partial charge in [0, 0.05) is 22.3 Å². The number of ether oxygens (including phenoxy) is 1. The van der Waals surface area contributed by atoms with Crippen molar-refractivity contribution < 1.29 is 19.2 Å². The van der Waals surface area contributed by atoms with Crippen molar-refractivity contribution in [1.29, 1.82) is 0 Å². The number of hydroxylamine groups is 1. The number of carbonyl (C=O) groups is 2. The molecule has 35 heavy (non-hydrogen) atoms. The molecule has 1 saturated carbocycles. The van der Waals surface area contributed by atoms with Crippen molar-refractivity contribution in [1.82, 2.24) is 15.4 Å². The van der Waals surface area contributed by atoms with Crippen LogP contribution in [0.5, 0.6) is 5.75 Å². The summed E-state index contributed by atoms with van der Waals surface area (Å²) < 4.78 is 6.78. The van der Waals surface area contributed by atoms with Gasteiger partial charge in [-0.25, -0.2) is 14.8 Å². The van der Waals surface area contributed by atoms with Crippen molar-refractivity contribution in [3.8, 4) is 5.75 Å². The molecule has 2 aliphatic rings. The van der Waals surface area contributed by atoms with Crippen molar-refractivity contribution in [2.75, 3.05) is 0 Å². The zero-order chi connectivity index (χ0) is 24.3. The Bertz CT molecular complexity index is 1510. The largest absolute Gasteiger partial charge is 0.487 e. The van der Waals surface area contributed by atoms with Crippen LogP contribution in [0.25, 0.3) is 32.8 Å². The third-order valence-electron chi connectivity index (χ3n) is 7.77. The molecule has 0 radical (unpaired) electrons. The quantitative estimate of drug-likeness (QED) is 0.186. The molecule has 7 heteroatoms. The number of nitrogens with one attached hydrogen (secondary N) is 1. The Labute approximate surface area is 202 Å². The molecule has 3 unspecified atom stereocenters. The molecule has 3 atom stereocenters. The zero-order valence-electron chi connectivity index (χ0n) is 20.0. The van der Waals surface area contributed by atoms with Crippen molar-refractivity contribution in [2.45, 2.75) is 51.6 Å². The van der Waals surface area contributed by atoms with Crippen LogP contribution in [-0.4, -0.2) is 27.9 Å². The molecule has 1 fully saturated rings. The molecule has 1 aliphatic carbocycles. The SMILES string of the molecule is CC1CCC2C(C1)c1c(c3ccccc3c3nc4ccc(C(=O)ONC=O)cc4nc13)OC2(C)C. The number of hydrogen-bond acceptors (Lipinski definition) is 6. The summed E-state index contributed by atoms with van der Waals surface area (Å²) in [4.78, 5) is 37.7. The van der Waals surface area contributed by atoms with E-state index in [-0.39, 0.29) is 11.2 Å². The predicted molar refractivity (Wildman–Crippen MR) is 133 cm³/mol. The summed E-state index contributed by atoms with van der Waals surface area (Å²) in [5.74, 6) is 1.59. The van der Waals surface area contributed by atoms with Crippen molar-refractivity contribution in [2.24, 2.45) is 11.8 Å². The second kappa shape index (κ2) is 7.90. The third-order valence-corrected chi connectivity index (χ3v) is 7.77. The highest BCUT2D eigenvalue weighted by Crippen LogP contribution is 2.56. The first kappa shape index (κ1) is 21.8. The fraction of sp³-hybridized carbons (Fsp3) is 0.357. The van der Waals surface area contributed by atoms with Gasteiger partial charge in [0.1, 0.15) is 11.4 Å². The molecule has 1 N–H and O–H groups in total. The number of rotatable bonds is 3. The molecule has 6 rings (SSSR count). The number of nitrogens with zero attached hydrogens (tertiary/aromatic N) is 2. The maximum Gasteiger partial charge on any atom is 0.363 e. The number of aromatic nitrogens is 2. The molecule has 2 heterocycles. The Kier molecular flexibility index (Phi) is 4.91. The van der Waals surface area contributed by atoms with E-state index >= 15 is 0 Å². The average Bonchev–Trinajstić information content (AvgIpc) is 2.85. The lowest BCUT2D eigenvalue weighted by atomic mass is 9.64. The van der Waals surface area contributed by atoms with Gasteiger partial charge in [0.2, 0.25) is 6.41 Å². The molecule has 0 spiro atoms. The number of amides is 1. The molecular formula is C28H27N3O4. The van der Waals surface area contributed by atoms with Crippen molar-refractivity contribution in [3.05, 3.63) is 53.6 Å². The normalized spacial score (nSPS) is 22.8. The van der Waals surface area contributed by atoms with E-state index in [4.69, 9.17) is 19.5 Å². The molecule has 3 aromatic carbocycles. The standard InChI is InChI=1S/C28H27N3O4/c1-15-8-10-20-19(12-15)23-25-24(17-6-4-5-7-18(17)26(23)34-28(20,2)3)30-21-11-9-16(13-22(21)31-25)27(33)35-29-14-32/h4-7,9,11,13-15,19-20H,8,10,12H2,1-3H3,(H,29,32). The second-order valence-corrected chi connectivity index (χ2v) is 10.4. The van der Waals surface area contributed by atoms with Gasteiger partial charge in [-0.2, -0.15) is 5.48 Å². The van der Waals surface area contributed by atoms with Crippen LogP contribution in [-0.2, 0) is 9.63 Å². The van der Waals surface area contributed by atoms with E-state index < -0.39 is 5.97 Å². The monoisotopic (exact) mass is 469 g/mol. The van der Waals surface area contributed by atoms with Crippen LogP contribution in [0.1, 0.15) is 61.9 Å². The summed E-state index contributed by atoms with van der Waals surface area (Å²) in [6, 6.07) is 13.3. The molecule has 0 bridgehead atoms. The van der Waals surface area contributed by atoms with Gasteiger partial charge in [-0.15, -0.1) is 0 Å². The fourth-order valence-electron chi connectivity index (χ4n) is 6.16. The predicted octanol–water partition coefficient (Wildman–Crippen LogP) is 5.44. The molecule has 0 saturated heterocycles. The smallest absolute Gasteiger partial charge is 0.363 e. The number of carbonyl (C=O) groups excluding carboxylic acids is 2. The Balaban J connectivity index is 1.65. The molecule has 4 aromatic rings. The zero-order valence-corrected chi connectivity index (χ0v) is 20.0. The summed E-state index contributed by atoms with van der Waals surface area (Å²) in [7, 11) is 0. The van der Waals surface area contributed by atoms with Crippen LogP contribution in [0.15, 0.2) is 42.5 Å². The Morgan fingerprint density at radius 3 is 2.66 bits per heavy atom. The average molecular weight is 470 g/mol. The number of benzene rings is 3. The van der Waals surface area contributed by atoms with Crippen LogP contribution < -0.4 is 10.2 Å². The van der Waals surface area contributed by atoms with Crippen LogP contribution in [0, 0.1) is 11.8 Å². The van der Waals surface area contributed by atoms with Gasteiger partial charge in [-0.05, 0) is 56.7 Å². The Morgan fingerprint density at radius 2 is 1.86 bits per heavy atom. The minimum Gasteiger partial charge on any atom is -0.487 e. The lowest BCUT2D eigenvalue weighted by Gasteiger charge is -2.49. The van der Waals surface area contributed by atoms with Crippen molar-refractivity contribution >= 4 is 45.2 Å². The van der Waals surface area contributed by atoms with E-state index in [1.165, 1.54) is 6.42 Å². The first-order valence-electron chi connectivity index (χ1n) is 12.1. The van der Waals surface area contributed by atoms with Crippen LogP contribution in [0.4, 0.5) is 0 Å². The van der Waals surface area contributed by atoms with Gasteiger partial charge in [0.05, 0.1) is 27.6 Å². The van der Waals surface area contributed by atoms with E-state index in [9.17, 15) is 9.59 Å². The second-order valence-electron chi connectivity index (χ2n) is 10.4. The van der Waals surface area contributed by atoms with Crippen LogP contribution in [0.3, 0.4) is 0 Å². The summed E-state index contributed by atoms with van der Waals surface area (Å²) in [6.45, 7) is 6.74. The van der Waals surface area contributed by atoms with E-state index in [2.05, 4.69) is 32.9 Å². The highest BCUT2D eigenvalue weighted by atomic mass is 16.7. The maximum absolute atomic E-state index is 12.3. The number of hydrogen-bond donors (Lipinski definition) is 1. The van der Waals surface area contributed by atoms with Gasteiger partial charge in [-0.3, -0.25) is 4.79 Å². The van der Waals surface area contributed by atoms with Gasteiger partial charge < -0.3 is 9.57 Å². The van der Waals surface area contributed by atoms with Gasteiger partial charge >= 0.3 is 5.97 Å². The first-order chi connectivity index (χ1) is 16.9. The fourth-order valence-corrected chi connectivity index (χ4v) is 6.16. The van der Waals surface area contributed by atoms with E-state index in [0.717, 1.165) is 46.0 Å². The Morgan fingerprint density at radius 1 is 1.09 bits per heavy atom. The van der Waals surface area contributed by atoms with Crippen LogP contribution >= 0.6 is 0 Å². The molecular weight excluding hydrogens is 442 g/mol. The van der Waals surface area contributed by atoms with E-state index in [1.807, 2.05) is 17.6 Å². The van der Waals surface area contributed by atoms with Crippen LogP contribution in [0.2, 0.25) is 0 Å². The molecule has 178 valence electrons. The molecule has 7 nitrogen and oxygen atoms in total. The molecule has 1 aliphatic heterocycles. The summed E-state index contributed by atoms with van der Waals surface area (Å²) >= 11 is 0. The molecule has 1 amide bonds. The van der Waals surface area contributed by atoms with Gasteiger partial charge in [-0.1, -0.05) is 37.6 Å². The van der Waals surface area contributed by atoms with E-state index in [1.54, 1.807) is 18.2 Å². The number of fused-ring (bicyclic) bond motifs is 9. The summed E-state index contributed by atoms with van der Waals surface area (Å²) in [5, 5.41) is 2.07. The third kappa shape index (κ3) is 3.40. The lowest BCUT2D eigenvalue weighted by Crippen LogP contribution is -2.46. The highest BCUT2D eigenvalue weighted by Gasteiger charge is 2.47.